The Morgan fingerprint density at radius 3 is 1.24 bits per heavy atom. The number of benzene rings is 8. The van der Waals surface area contributed by atoms with Gasteiger partial charge in [-0.1, -0.05) is 147 Å². The molecule has 12 aromatic rings. The van der Waals surface area contributed by atoms with Crippen LogP contribution in [0.5, 0.6) is 0 Å². The van der Waals surface area contributed by atoms with Gasteiger partial charge in [-0.2, -0.15) is 0 Å². The first-order valence-electron chi connectivity index (χ1n) is 23.0. The van der Waals surface area contributed by atoms with E-state index in [1.54, 1.807) is 0 Å². The highest BCUT2D eigenvalue weighted by atomic mass is 32.1. The highest BCUT2D eigenvalue weighted by Crippen LogP contribution is 2.49. The monoisotopic (exact) mass is 892 g/mol. The first-order chi connectivity index (χ1) is 32.9. The first-order valence-corrected chi connectivity index (χ1v) is 24.6. The Kier molecular flexibility index (Phi) is 9.28. The molecule has 0 saturated heterocycles. The third-order valence-electron chi connectivity index (χ3n) is 13.8. The average Bonchev–Trinajstić information content (AvgIpc) is 4.21. The van der Waals surface area contributed by atoms with Gasteiger partial charge in [0.1, 0.15) is 0 Å². The molecule has 0 atom stereocenters. The van der Waals surface area contributed by atoms with Crippen LogP contribution in [0.1, 0.15) is 45.9 Å². The Morgan fingerprint density at radius 1 is 0.358 bits per heavy atom. The molecule has 0 fully saturated rings. The molecule has 0 saturated carbocycles. The average molecular weight is 893 g/mol. The van der Waals surface area contributed by atoms with E-state index in [1.165, 1.54) is 119 Å². The van der Waals surface area contributed by atoms with Crippen LogP contribution < -0.4 is 0 Å². The van der Waals surface area contributed by atoms with Crippen LogP contribution in [-0.2, 0) is 5.41 Å². The molecule has 0 amide bonds. The lowest BCUT2D eigenvalue weighted by atomic mass is 9.81. The molecule has 1 aliphatic carbocycles. The molecule has 4 heterocycles. The van der Waals surface area contributed by atoms with Crippen LogP contribution in [-0.4, -0.2) is 9.13 Å². The Labute approximate surface area is 398 Å². The fourth-order valence-corrected chi connectivity index (χ4v) is 12.3. The number of hydrogen-bond donors (Lipinski definition) is 0. The van der Waals surface area contributed by atoms with Gasteiger partial charge in [0.15, 0.2) is 0 Å². The summed E-state index contributed by atoms with van der Waals surface area (Å²) < 4.78 is 4.75. The van der Waals surface area contributed by atoms with Crippen molar-refractivity contribution in [3.63, 3.8) is 0 Å². The summed E-state index contributed by atoms with van der Waals surface area (Å²) in [6, 6.07) is 75.7. The Bertz CT molecular complexity index is 3690. The highest BCUT2D eigenvalue weighted by molar-refractivity contribution is 7.16. The number of hydrogen-bond acceptors (Lipinski definition) is 2. The van der Waals surface area contributed by atoms with Crippen LogP contribution in [0.4, 0.5) is 0 Å². The molecule has 0 spiro atoms. The lowest BCUT2D eigenvalue weighted by Crippen LogP contribution is -2.15. The van der Waals surface area contributed by atoms with Crippen LogP contribution in [0.15, 0.2) is 206 Å². The lowest BCUT2D eigenvalue weighted by Gasteiger charge is -2.22. The third kappa shape index (κ3) is 6.67. The van der Waals surface area contributed by atoms with E-state index in [4.69, 9.17) is 0 Å². The Morgan fingerprint density at radius 2 is 0.776 bits per heavy atom. The van der Waals surface area contributed by atoms with Crippen molar-refractivity contribution in [2.24, 2.45) is 0 Å². The van der Waals surface area contributed by atoms with E-state index in [0.717, 1.165) is 0 Å². The summed E-state index contributed by atoms with van der Waals surface area (Å²) in [5, 5.41) is 5.10. The highest BCUT2D eigenvalue weighted by Gasteiger charge is 2.35. The smallest absolute Gasteiger partial charge is 0.0541 e. The summed E-state index contributed by atoms with van der Waals surface area (Å²) >= 11 is 3.68. The van der Waals surface area contributed by atoms with Gasteiger partial charge in [-0.3, -0.25) is 0 Å². The quantitative estimate of drug-likeness (QED) is 0.144. The van der Waals surface area contributed by atoms with E-state index in [2.05, 4.69) is 254 Å². The molecule has 318 valence electrons. The van der Waals surface area contributed by atoms with Crippen molar-refractivity contribution in [2.75, 3.05) is 0 Å². The Hall–Kier alpha value is -7.76. The van der Waals surface area contributed by atoms with Gasteiger partial charge in [-0.05, 0) is 142 Å². The van der Waals surface area contributed by atoms with E-state index < -0.39 is 0 Å². The van der Waals surface area contributed by atoms with E-state index in [0.29, 0.717) is 0 Å². The number of rotatable bonds is 8. The van der Waals surface area contributed by atoms with Crippen LogP contribution in [0.3, 0.4) is 0 Å². The van der Waals surface area contributed by atoms with Gasteiger partial charge >= 0.3 is 0 Å². The molecular weight excluding hydrogens is 849 g/mol. The molecule has 4 aromatic heterocycles. The molecule has 4 heteroatoms. The largest absolute Gasteiger partial charge is 0.309 e. The zero-order chi connectivity index (χ0) is 44.6. The van der Waals surface area contributed by atoms with Gasteiger partial charge in [0.05, 0.1) is 22.1 Å². The summed E-state index contributed by atoms with van der Waals surface area (Å²) in [7, 11) is 0. The second-order valence-corrected chi connectivity index (χ2v) is 20.4. The summed E-state index contributed by atoms with van der Waals surface area (Å²) in [5.74, 6) is 0. The van der Waals surface area contributed by atoms with Crippen molar-refractivity contribution in [1.29, 1.82) is 0 Å². The fraction of sp³-hybridized carbons (Fsp3) is 0.0476. The maximum absolute atomic E-state index is 2.40. The van der Waals surface area contributed by atoms with Crippen molar-refractivity contribution < 1.29 is 0 Å². The van der Waals surface area contributed by atoms with Gasteiger partial charge in [-0.25, -0.2) is 0 Å². The minimum atomic E-state index is -0.116. The van der Waals surface area contributed by atoms with Crippen molar-refractivity contribution in [3.8, 4) is 43.4 Å². The normalized spacial score (nSPS) is 13.2. The second-order valence-electron chi connectivity index (χ2n) is 18.1. The Balaban J connectivity index is 0.732. The van der Waals surface area contributed by atoms with Gasteiger partial charge in [0, 0.05) is 57.8 Å². The van der Waals surface area contributed by atoms with E-state index in [9.17, 15) is 0 Å². The molecule has 0 bridgehead atoms. The van der Waals surface area contributed by atoms with E-state index >= 15 is 0 Å². The van der Waals surface area contributed by atoms with Crippen LogP contribution in [0.25, 0.3) is 111 Å². The predicted octanol–water partition coefficient (Wildman–Crippen LogP) is 18.0. The van der Waals surface area contributed by atoms with Crippen LogP contribution >= 0.6 is 22.7 Å². The topological polar surface area (TPSA) is 9.86 Å². The standard InChI is InChI=1S/C63H44N2S2/c1-63(2)55-37-41(21-27-47-29-35-61(66-47)43-25-33-59-53(39-43)51-17-9-11-19-57(51)64(59)45-13-5-3-6-14-45)23-31-49(55)50-32-24-42(38-56(50)63)22-28-48-30-36-62(67-48)44-26-34-60-54(40-44)52-18-10-12-20-58(52)65(60)46-15-7-4-8-16-46/h3-40H,1-2H3/b27-21+,28-22+. The van der Waals surface area contributed by atoms with Crippen molar-refractivity contribution >= 4 is 90.6 Å². The maximum atomic E-state index is 2.40. The van der Waals surface area contributed by atoms with E-state index in [-0.39, 0.29) is 5.41 Å². The van der Waals surface area contributed by atoms with Crippen LogP contribution in [0, 0.1) is 0 Å². The first kappa shape index (κ1) is 39.6. The van der Waals surface area contributed by atoms with Crippen LogP contribution in [0.2, 0.25) is 0 Å². The van der Waals surface area contributed by atoms with Gasteiger partial charge in [0.2, 0.25) is 0 Å². The number of fused-ring (bicyclic) bond motifs is 9. The molecule has 0 aliphatic heterocycles. The number of para-hydroxylation sites is 4. The fourth-order valence-electron chi connectivity index (χ4n) is 10.5. The zero-order valence-electron chi connectivity index (χ0n) is 37.2. The van der Waals surface area contributed by atoms with Gasteiger partial charge < -0.3 is 9.13 Å². The van der Waals surface area contributed by atoms with Gasteiger partial charge in [-0.15, -0.1) is 22.7 Å². The maximum Gasteiger partial charge on any atom is 0.0541 e. The van der Waals surface area contributed by atoms with E-state index in [1.807, 2.05) is 22.7 Å². The predicted molar refractivity (Wildman–Crippen MR) is 290 cm³/mol. The van der Waals surface area contributed by atoms with Crippen molar-refractivity contribution in [1.82, 2.24) is 9.13 Å². The van der Waals surface area contributed by atoms with Crippen molar-refractivity contribution in [3.05, 3.63) is 238 Å². The van der Waals surface area contributed by atoms with Crippen molar-refractivity contribution in [2.45, 2.75) is 19.3 Å². The number of aromatic nitrogens is 2. The minimum absolute atomic E-state index is 0.116. The summed E-state index contributed by atoms with van der Waals surface area (Å²) in [6.45, 7) is 4.75. The molecule has 67 heavy (non-hydrogen) atoms. The zero-order valence-corrected chi connectivity index (χ0v) is 38.8. The third-order valence-corrected chi connectivity index (χ3v) is 16.0. The molecule has 13 rings (SSSR count). The molecular formula is C63H44N2S2. The molecule has 0 radical (unpaired) electrons. The van der Waals surface area contributed by atoms with Gasteiger partial charge in [0.25, 0.3) is 0 Å². The minimum Gasteiger partial charge on any atom is -0.309 e. The molecule has 2 nitrogen and oxygen atoms in total. The molecule has 0 N–H and O–H groups in total. The number of nitrogens with zero attached hydrogens (tertiary/aromatic N) is 2. The second kappa shape index (κ2) is 15.7. The molecule has 1 aliphatic rings. The SMILES string of the molecule is CC1(C)c2cc(/C=C/c3ccc(-c4ccc5c(c4)c4ccccc4n5-c4ccccc4)s3)ccc2-c2ccc(/C=C/c3ccc(-c4ccc5c(c4)c4ccccc4n5-c4ccccc4)s3)cc21. The number of thiophene rings is 2. The summed E-state index contributed by atoms with van der Waals surface area (Å²) in [6.07, 6.45) is 9.09. The summed E-state index contributed by atoms with van der Waals surface area (Å²) in [5.41, 5.74) is 17.5. The molecule has 0 unspecified atom stereocenters. The molecule has 8 aromatic carbocycles. The lowest BCUT2D eigenvalue weighted by molar-refractivity contribution is 0.660. The summed E-state index contributed by atoms with van der Waals surface area (Å²) in [4.78, 5) is 5.03.